The Bertz CT molecular complexity index is 181. The van der Waals surface area contributed by atoms with Gasteiger partial charge >= 0.3 is 11.9 Å². The van der Waals surface area contributed by atoms with Crippen molar-refractivity contribution >= 4 is 11.9 Å². The van der Waals surface area contributed by atoms with Crippen molar-refractivity contribution in [3.63, 3.8) is 0 Å². The summed E-state index contributed by atoms with van der Waals surface area (Å²) >= 11 is 0. The van der Waals surface area contributed by atoms with Crippen molar-refractivity contribution in [1.82, 2.24) is 0 Å². The number of hydrogen-bond acceptors (Lipinski definition) is 6. The predicted octanol–water partition coefficient (Wildman–Crippen LogP) is 0.841. The Balaban J connectivity index is 3.31. The lowest BCUT2D eigenvalue weighted by Gasteiger charge is -2.04. The van der Waals surface area contributed by atoms with Crippen LogP contribution in [0, 0.1) is 0 Å². The van der Waals surface area contributed by atoms with E-state index in [4.69, 9.17) is 0 Å². The van der Waals surface area contributed by atoms with Gasteiger partial charge in [-0.3, -0.25) is 9.59 Å². The van der Waals surface area contributed by atoms with Crippen LogP contribution in [0.15, 0.2) is 0 Å². The molecule has 0 fully saturated rings. The maximum Gasteiger partial charge on any atom is 0.307 e. The fourth-order valence-corrected chi connectivity index (χ4v) is 0.932. The van der Waals surface area contributed by atoms with Crippen LogP contribution in [-0.4, -0.2) is 39.7 Å². The van der Waals surface area contributed by atoms with E-state index < -0.39 is 0 Å². The first-order valence-electron chi connectivity index (χ1n) is 4.99. The van der Waals surface area contributed by atoms with Crippen LogP contribution < -0.4 is 0 Å². The molecule has 0 atom stereocenters. The summed E-state index contributed by atoms with van der Waals surface area (Å²) in [6.45, 7) is -0.0660. The third kappa shape index (κ3) is 9.42. The van der Waals surface area contributed by atoms with Crippen LogP contribution in [0.4, 0.5) is 0 Å². The van der Waals surface area contributed by atoms with Crippen LogP contribution in [0.3, 0.4) is 0 Å². The second-order valence-corrected chi connectivity index (χ2v) is 3.05. The molecule has 0 saturated carbocycles. The summed E-state index contributed by atoms with van der Waals surface area (Å²) in [6, 6.07) is 0. The zero-order chi connectivity index (χ0) is 12.2. The smallest absolute Gasteiger partial charge is 0.307 e. The lowest BCUT2D eigenvalue weighted by Crippen LogP contribution is -2.08. The van der Waals surface area contributed by atoms with Gasteiger partial charge in [-0.25, -0.2) is 0 Å². The van der Waals surface area contributed by atoms with Gasteiger partial charge in [-0.05, 0) is 12.8 Å². The number of esters is 2. The van der Waals surface area contributed by atoms with Crippen molar-refractivity contribution in [2.75, 3.05) is 27.8 Å². The second-order valence-electron chi connectivity index (χ2n) is 3.05. The summed E-state index contributed by atoms with van der Waals surface area (Å²) in [5.74, 6) is -0.654. The van der Waals surface area contributed by atoms with E-state index in [-0.39, 0.29) is 38.4 Å². The molecule has 94 valence electrons. The molecule has 0 aliphatic rings. The van der Waals surface area contributed by atoms with Crippen molar-refractivity contribution in [3.8, 4) is 0 Å². The van der Waals surface area contributed by atoms with E-state index >= 15 is 0 Å². The van der Waals surface area contributed by atoms with E-state index in [0.29, 0.717) is 12.8 Å². The summed E-state index contributed by atoms with van der Waals surface area (Å²) in [7, 11) is 2.89. The van der Waals surface area contributed by atoms with Gasteiger partial charge in [0.2, 0.25) is 0 Å². The van der Waals surface area contributed by atoms with Gasteiger partial charge in [-0.1, -0.05) is 0 Å². The molecule has 0 amide bonds. The summed E-state index contributed by atoms with van der Waals surface area (Å²) in [6.07, 6.45) is 1.73. The van der Waals surface area contributed by atoms with Gasteiger partial charge < -0.3 is 18.9 Å². The summed E-state index contributed by atoms with van der Waals surface area (Å²) in [5, 5.41) is 0. The predicted molar refractivity (Wildman–Crippen MR) is 54.4 cm³/mol. The first-order valence-corrected chi connectivity index (χ1v) is 4.99. The minimum atomic E-state index is -0.327. The molecule has 0 radical (unpaired) electrons. The zero-order valence-corrected chi connectivity index (χ0v) is 9.69. The molecular formula is C10H18O6. The Morgan fingerprint density at radius 2 is 1.19 bits per heavy atom. The Hall–Kier alpha value is -1.14. The highest BCUT2D eigenvalue weighted by Crippen LogP contribution is 2.02. The second kappa shape index (κ2) is 10.4. The molecule has 0 aromatic carbocycles. The minimum Gasteiger partial charge on any atom is -0.438 e. The van der Waals surface area contributed by atoms with Gasteiger partial charge in [0.25, 0.3) is 0 Å². The Morgan fingerprint density at radius 3 is 1.50 bits per heavy atom. The zero-order valence-electron chi connectivity index (χ0n) is 9.69. The molecule has 0 aliphatic carbocycles. The topological polar surface area (TPSA) is 71.1 Å². The standard InChI is InChI=1S/C10H18O6/c1-13-7-15-9(11)5-3-4-6-10(12)16-8-14-2/h3-8H2,1-2H3. The van der Waals surface area contributed by atoms with Crippen molar-refractivity contribution < 1.29 is 28.5 Å². The van der Waals surface area contributed by atoms with Crippen molar-refractivity contribution in [3.05, 3.63) is 0 Å². The molecule has 0 aromatic heterocycles. The SMILES string of the molecule is COCOC(=O)CCCCC(=O)OCOC. The lowest BCUT2D eigenvalue weighted by atomic mass is 10.2. The van der Waals surface area contributed by atoms with Gasteiger partial charge in [0.05, 0.1) is 0 Å². The van der Waals surface area contributed by atoms with Crippen LogP contribution in [-0.2, 0) is 28.5 Å². The molecule has 0 unspecified atom stereocenters. The van der Waals surface area contributed by atoms with Crippen LogP contribution in [0.2, 0.25) is 0 Å². The van der Waals surface area contributed by atoms with E-state index in [1.807, 2.05) is 0 Å². The molecule has 0 aliphatic heterocycles. The van der Waals surface area contributed by atoms with Crippen LogP contribution in [0.25, 0.3) is 0 Å². The van der Waals surface area contributed by atoms with Crippen LogP contribution in [0.1, 0.15) is 25.7 Å². The summed E-state index contributed by atoms with van der Waals surface area (Å²) < 4.78 is 18.5. The summed E-state index contributed by atoms with van der Waals surface area (Å²) in [5.41, 5.74) is 0. The molecule has 16 heavy (non-hydrogen) atoms. The number of hydrogen-bond donors (Lipinski definition) is 0. The summed E-state index contributed by atoms with van der Waals surface area (Å²) in [4.78, 5) is 22.0. The fourth-order valence-electron chi connectivity index (χ4n) is 0.932. The molecule has 0 spiro atoms. The molecule has 0 saturated heterocycles. The molecule has 0 N–H and O–H groups in total. The van der Waals surface area contributed by atoms with Gasteiger partial charge in [0, 0.05) is 27.1 Å². The van der Waals surface area contributed by atoms with Crippen molar-refractivity contribution in [2.45, 2.75) is 25.7 Å². The molecular weight excluding hydrogens is 216 g/mol. The Kier molecular flexibility index (Phi) is 9.64. The maximum absolute atomic E-state index is 11.0. The first kappa shape index (κ1) is 14.9. The lowest BCUT2D eigenvalue weighted by molar-refractivity contribution is -0.156. The number of carbonyl (C=O) groups excluding carboxylic acids is 2. The van der Waals surface area contributed by atoms with Crippen molar-refractivity contribution in [1.29, 1.82) is 0 Å². The monoisotopic (exact) mass is 234 g/mol. The number of ether oxygens (including phenoxy) is 4. The molecule has 0 bridgehead atoms. The van der Waals surface area contributed by atoms with Crippen LogP contribution >= 0.6 is 0 Å². The van der Waals surface area contributed by atoms with Gasteiger partial charge in [0.1, 0.15) is 0 Å². The first-order chi connectivity index (χ1) is 7.70. The maximum atomic E-state index is 11.0. The van der Waals surface area contributed by atoms with E-state index in [1.54, 1.807) is 0 Å². The molecule has 0 aromatic rings. The van der Waals surface area contributed by atoms with Gasteiger partial charge in [-0.15, -0.1) is 0 Å². The molecule has 6 nitrogen and oxygen atoms in total. The Morgan fingerprint density at radius 1 is 0.812 bits per heavy atom. The molecule has 0 heterocycles. The highest BCUT2D eigenvalue weighted by atomic mass is 16.7. The van der Waals surface area contributed by atoms with Gasteiger partial charge in [0.15, 0.2) is 13.6 Å². The van der Waals surface area contributed by atoms with E-state index in [1.165, 1.54) is 14.2 Å². The van der Waals surface area contributed by atoms with E-state index in [9.17, 15) is 9.59 Å². The average Bonchev–Trinajstić information content (AvgIpc) is 2.29. The number of unbranched alkanes of at least 4 members (excludes halogenated alkanes) is 1. The third-order valence-corrected chi connectivity index (χ3v) is 1.69. The number of rotatable bonds is 9. The molecule has 0 rings (SSSR count). The van der Waals surface area contributed by atoms with Crippen molar-refractivity contribution in [2.24, 2.45) is 0 Å². The highest BCUT2D eigenvalue weighted by Gasteiger charge is 2.05. The van der Waals surface area contributed by atoms with E-state index in [0.717, 1.165) is 0 Å². The fraction of sp³-hybridized carbons (Fsp3) is 0.800. The molecule has 6 heteroatoms. The van der Waals surface area contributed by atoms with Gasteiger partial charge in [-0.2, -0.15) is 0 Å². The number of methoxy groups -OCH3 is 2. The quantitative estimate of drug-likeness (QED) is 0.334. The normalized spacial score (nSPS) is 9.88. The Labute approximate surface area is 94.8 Å². The largest absolute Gasteiger partial charge is 0.438 e. The third-order valence-electron chi connectivity index (χ3n) is 1.69. The highest BCUT2D eigenvalue weighted by molar-refractivity contribution is 5.70. The number of carbonyl (C=O) groups is 2. The minimum absolute atomic E-state index is 0.0330. The average molecular weight is 234 g/mol. The van der Waals surface area contributed by atoms with E-state index in [2.05, 4.69) is 18.9 Å². The van der Waals surface area contributed by atoms with Crippen LogP contribution in [0.5, 0.6) is 0 Å².